The summed E-state index contributed by atoms with van der Waals surface area (Å²) < 4.78 is 31.4. The molecule has 0 atom stereocenters. The lowest BCUT2D eigenvalue weighted by molar-refractivity contribution is 0.0600. The Morgan fingerprint density at radius 3 is 2.46 bits per heavy atom. The second-order valence-electron chi connectivity index (χ2n) is 6.52. The molecule has 150 valence electrons. The maximum absolute atomic E-state index is 13.3. The highest BCUT2D eigenvalue weighted by Crippen LogP contribution is 2.36. The molecule has 1 amide bonds. The number of hydrogen-bond donors (Lipinski definition) is 1. The fraction of sp³-hybridized carbons (Fsp3) is 0.368. The van der Waals surface area contributed by atoms with Crippen molar-refractivity contribution in [2.24, 2.45) is 0 Å². The Labute approximate surface area is 165 Å². The molecule has 1 N–H and O–H groups in total. The molecule has 0 aliphatic carbocycles. The summed E-state index contributed by atoms with van der Waals surface area (Å²) in [6.07, 6.45) is -2.64. The van der Waals surface area contributed by atoms with Crippen LogP contribution in [0.5, 0.6) is 0 Å². The predicted octanol–water partition coefficient (Wildman–Crippen LogP) is 3.03. The number of piperazine rings is 1. The van der Waals surface area contributed by atoms with Crippen molar-refractivity contribution in [2.45, 2.75) is 6.43 Å². The summed E-state index contributed by atoms with van der Waals surface area (Å²) in [7, 11) is 3.24. The van der Waals surface area contributed by atoms with Crippen LogP contribution in [0, 0.1) is 0 Å². The van der Waals surface area contributed by atoms with Crippen LogP contribution in [0.4, 0.5) is 8.78 Å². The van der Waals surface area contributed by atoms with Crippen molar-refractivity contribution in [2.75, 3.05) is 40.3 Å². The Balaban J connectivity index is 1.93. The van der Waals surface area contributed by atoms with Gasteiger partial charge in [0, 0.05) is 37.3 Å². The van der Waals surface area contributed by atoms with Crippen molar-refractivity contribution >= 4 is 23.2 Å². The number of thiophene rings is 1. The number of hydrazine groups is 1. The lowest BCUT2D eigenvalue weighted by Crippen LogP contribution is -2.52. The summed E-state index contributed by atoms with van der Waals surface area (Å²) in [4.78, 5) is 26.8. The number of halogens is 2. The number of likely N-dealkylation sites (N-methyl/N-ethyl adjacent to an activating group) is 1. The number of alkyl halides is 2. The number of nitrogens with zero attached hydrogens (tertiary/aromatic N) is 2. The van der Waals surface area contributed by atoms with E-state index in [0.717, 1.165) is 24.4 Å². The van der Waals surface area contributed by atoms with Crippen LogP contribution in [-0.4, -0.2) is 62.1 Å². The number of ether oxygens (including phenoxy) is 1. The van der Waals surface area contributed by atoms with E-state index >= 15 is 0 Å². The van der Waals surface area contributed by atoms with Gasteiger partial charge in [0.1, 0.15) is 0 Å². The molecule has 1 aliphatic heterocycles. The maximum atomic E-state index is 13.3. The monoisotopic (exact) mass is 409 g/mol. The molecule has 1 saturated heterocycles. The first kappa shape index (κ1) is 20.4. The van der Waals surface area contributed by atoms with Gasteiger partial charge in [-0.2, -0.15) is 0 Å². The minimum atomic E-state index is -2.64. The number of hydrogen-bond acceptors (Lipinski definition) is 6. The van der Waals surface area contributed by atoms with E-state index in [1.807, 2.05) is 12.1 Å². The molecule has 9 heteroatoms. The molecule has 0 unspecified atom stereocenters. The van der Waals surface area contributed by atoms with Gasteiger partial charge < -0.3 is 9.64 Å². The Kier molecular flexibility index (Phi) is 6.38. The van der Waals surface area contributed by atoms with Gasteiger partial charge in [0.25, 0.3) is 12.3 Å². The Hall–Kier alpha value is -2.36. The second-order valence-corrected chi connectivity index (χ2v) is 7.47. The van der Waals surface area contributed by atoms with Gasteiger partial charge in [0.15, 0.2) is 0 Å². The molecule has 28 heavy (non-hydrogen) atoms. The molecule has 1 aromatic carbocycles. The molecule has 1 aliphatic rings. The number of amides is 1. The van der Waals surface area contributed by atoms with E-state index < -0.39 is 18.3 Å². The molecule has 0 radical (unpaired) electrons. The third kappa shape index (κ3) is 4.54. The van der Waals surface area contributed by atoms with Gasteiger partial charge in [-0.15, -0.1) is 11.3 Å². The van der Waals surface area contributed by atoms with E-state index in [1.54, 1.807) is 11.4 Å². The van der Waals surface area contributed by atoms with Gasteiger partial charge in [0.05, 0.1) is 17.6 Å². The molecule has 1 fully saturated rings. The van der Waals surface area contributed by atoms with Crippen molar-refractivity contribution in [3.8, 4) is 11.1 Å². The highest BCUT2D eigenvalue weighted by molar-refractivity contribution is 7.10. The zero-order valence-electron chi connectivity index (χ0n) is 15.6. The standard InChI is InChI=1S/C19H21F2N3O3S/c1-23-4-6-24(7-5-23)22-18(25)13-9-12(10-14(11-13)19(26)27-2)15-3-8-28-16(15)17(20)21/h3,8-11,17H,4-7H2,1-2H3,(H,22,25). The van der Waals surface area contributed by atoms with E-state index in [1.165, 1.54) is 25.3 Å². The van der Waals surface area contributed by atoms with Gasteiger partial charge in [-0.25, -0.2) is 18.6 Å². The average Bonchev–Trinajstić information content (AvgIpc) is 3.19. The van der Waals surface area contributed by atoms with Crippen LogP contribution in [0.1, 0.15) is 32.0 Å². The van der Waals surface area contributed by atoms with Crippen LogP contribution in [0.15, 0.2) is 29.6 Å². The van der Waals surface area contributed by atoms with Gasteiger partial charge in [-0.05, 0) is 42.3 Å². The quantitative estimate of drug-likeness (QED) is 0.770. The van der Waals surface area contributed by atoms with Gasteiger partial charge >= 0.3 is 5.97 Å². The lowest BCUT2D eigenvalue weighted by Gasteiger charge is -2.32. The normalized spacial score (nSPS) is 15.6. The second kappa shape index (κ2) is 8.76. The third-order valence-corrected chi connectivity index (χ3v) is 5.51. The molecule has 6 nitrogen and oxygen atoms in total. The maximum Gasteiger partial charge on any atom is 0.337 e. The number of benzene rings is 1. The molecular weight excluding hydrogens is 388 g/mol. The predicted molar refractivity (Wildman–Crippen MR) is 103 cm³/mol. The fourth-order valence-corrected chi connectivity index (χ4v) is 3.77. The Morgan fingerprint density at radius 2 is 1.82 bits per heavy atom. The zero-order chi connectivity index (χ0) is 20.3. The number of esters is 1. The first-order valence-corrected chi connectivity index (χ1v) is 9.61. The van der Waals surface area contributed by atoms with Crippen LogP contribution in [0.25, 0.3) is 11.1 Å². The van der Waals surface area contributed by atoms with E-state index in [2.05, 4.69) is 10.3 Å². The number of carbonyl (C=O) groups is 2. The summed E-state index contributed by atoms with van der Waals surface area (Å²) in [6.45, 7) is 2.98. The molecule has 2 heterocycles. The topological polar surface area (TPSA) is 61.9 Å². The fourth-order valence-electron chi connectivity index (χ4n) is 3.00. The minimum absolute atomic E-state index is 0.104. The van der Waals surface area contributed by atoms with Gasteiger partial charge in [0.2, 0.25) is 0 Å². The van der Waals surface area contributed by atoms with Crippen molar-refractivity contribution in [3.63, 3.8) is 0 Å². The van der Waals surface area contributed by atoms with Crippen molar-refractivity contribution < 1.29 is 23.1 Å². The summed E-state index contributed by atoms with van der Waals surface area (Å²) in [5.41, 5.74) is 3.85. The smallest absolute Gasteiger partial charge is 0.337 e. The molecule has 2 aromatic rings. The highest BCUT2D eigenvalue weighted by Gasteiger charge is 2.21. The number of rotatable bonds is 5. The molecule has 0 saturated carbocycles. The third-order valence-electron chi connectivity index (χ3n) is 4.58. The number of methoxy groups -OCH3 is 1. The first-order valence-electron chi connectivity index (χ1n) is 8.73. The minimum Gasteiger partial charge on any atom is -0.465 e. The number of nitrogens with one attached hydrogen (secondary N) is 1. The average molecular weight is 409 g/mol. The summed E-state index contributed by atoms with van der Waals surface area (Å²) in [5, 5.41) is 3.37. The van der Waals surface area contributed by atoms with Crippen molar-refractivity contribution in [3.05, 3.63) is 45.6 Å². The van der Waals surface area contributed by atoms with Gasteiger partial charge in [-0.1, -0.05) is 0 Å². The molecule has 1 aromatic heterocycles. The van der Waals surface area contributed by atoms with Crippen LogP contribution in [0.2, 0.25) is 0 Å². The van der Waals surface area contributed by atoms with Gasteiger partial charge in [-0.3, -0.25) is 10.2 Å². The first-order chi connectivity index (χ1) is 13.4. The van der Waals surface area contributed by atoms with Crippen LogP contribution in [0.3, 0.4) is 0 Å². The van der Waals surface area contributed by atoms with E-state index in [-0.39, 0.29) is 16.0 Å². The molecule has 3 rings (SSSR count). The number of carbonyl (C=O) groups excluding carboxylic acids is 2. The summed E-state index contributed by atoms with van der Waals surface area (Å²) in [6, 6.07) is 5.96. The summed E-state index contributed by atoms with van der Waals surface area (Å²) in [5.74, 6) is -1.03. The van der Waals surface area contributed by atoms with E-state index in [0.29, 0.717) is 24.2 Å². The van der Waals surface area contributed by atoms with Crippen molar-refractivity contribution in [1.29, 1.82) is 0 Å². The largest absolute Gasteiger partial charge is 0.465 e. The molecular formula is C19H21F2N3O3S. The van der Waals surface area contributed by atoms with Crippen molar-refractivity contribution in [1.82, 2.24) is 15.3 Å². The highest BCUT2D eigenvalue weighted by atomic mass is 32.1. The van der Waals surface area contributed by atoms with Crippen LogP contribution < -0.4 is 5.43 Å². The van der Waals surface area contributed by atoms with Crippen LogP contribution in [-0.2, 0) is 4.74 Å². The lowest BCUT2D eigenvalue weighted by atomic mass is 9.99. The molecule has 0 bridgehead atoms. The molecule has 0 spiro atoms. The van der Waals surface area contributed by atoms with Crippen LogP contribution >= 0.6 is 11.3 Å². The van der Waals surface area contributed by atoms with E-state index in [4.69, 9.17) is 4.74 Å². The Morgan fingerprint density at radius 1 is 1.14 bits per heavy atom. The Bertz CT molecular complexity index is 864. The zero-order valence-corrected chi connectivity index (χ0v) is 16.4. The van der Waals surface area contributed by atoms with E-state index in [9.17, 15) is 18.4 Å². The SMILES string of the molecule is COC(=O)c1cc(C(=O)NN2CCN(C)CC2)cc(-c2ccsc2C(F)F)c1. The summed E-state index contributed by atoms with van der Waals surface area (Å²) >= 11 is 0.936.